The minimum atomic E-state index is -0.446. The molecular weight excluding hydrogens is 315 g/mol. The second kappa shape index (κ2) is 5.31. The minimum absolute atomic E-state index is 0.0669. The van der Waals surface area contributed by atoms with Gasteiger partial charge in [-0.2, -0.15) is 0 Å². The van der Waals surface area contributed by atoms with Gasteiger partial charge >= 0.3 is 0 Å². The molecule has 1 aliphatic rings. The van der Waals surface area contributed by atoms with E-state index in [0.717, 1.165) is 11.3 Å². The number of fused-ring (bicyclic) bond motifs is 1. The van der Waals surface area contributed by atoms with Crippen LogP contribution in [-0.4, -0.2) is 22.3 Å². The van der Waals surface area contributed by atoms with Crippen molar-refractivity contribution in [2.45, 2.75) is 12.5 Å². The first kappa shape index (κ1) is 14.1. The van der Waals surface area contributed by atoms with Gasteiger partial charge in [-0.05, 0) is 36.1 Å². The highest BCUT2D eigenvalue weighted by Crippen LogP contribution is 2.37. The SMILES string of the molecule is O=C(c1cc(=O)[nH]c2cc(F)ccc12)N1CC[C@H]1c1cccs1. The number of nitrogens with one attached hydrogen (secondary N) is 1. The maximum atomic E-state index is 13.4. The van der Waals surface area contributed by atoms with Gasteiger partial charge < -0.3 is 9.88 Å². The van der Waals surface area contributed by atoms with Crippen LogP contribution in [0.3, 0.4) is 0 Å². The molecule has 3 aromatic rings. The Kier molecular flexibility index (Phi) is 3.27. The molecule has 0 bridgehead atoms. The monoisotopic (exact) mass is 328 g/mol. The fraction of sp³-hybridized carbons (Fsp3) is 0.176. The number of benzene rings is 1. The number of pyridine rings is 1. The molecule has 1 atom stereocenters. The van der Waals surface area contributed by atoms with Gasteiger partial charge in [-0.3, -0.25) is 9.59 Å². The Hall–Kier alpha value is -2.47. The molecular formula is C17H13FN2O2S. The van der Waals surface area contributed by atoms with Gasteiger partial charge in [0.2, 0.25) is 5.56 Å². The van der Waals surface area contributed by atoms with E-state index in [-0.39, 0.29) is 11.9 Å². The molecule has 1 N–H and O–H groups in total. The fourth-order valence-electron chi connectivity index (χ4n) is 2.97. The minimum Gasteiger partial charge on any atom is -0.331 e. The summed E-state index contributed by atoms with van der Waals surface area (Å²) < 4.78 is 13.4. The van der Waals surface area contributed by atoms with Crippen LogP contribution in [0.15, 0.2) is 46.6 Å². The molecule has 0 saturated carbocycles. The molecule has 4 rings (SSSR count). The number of hydrogen-bond acceptors (Lipinski definition) is 3. The number of nitrogens with zero attached hydrogens (tertiary/aromatic N) is 1. The first-order valence-electron chi connectivity index (χ1n) is 7.30. The van der Waals surface area contributed by atoms with Gasteiger partial charge in [0.15, 0.2) is 0 Å². The molecule has 0 aliphatic carbocycles. The number of thiophene rings is 1. The Balaban J connectivity index is 1.77. The number of H-pyrrole nitrogens is 1. The highest BCUT2D eigenvalue weighted by molar-refractivity contribution is 7.10. The molecule has 4 nitrogen and oxygen atoms in total. The normalized spacial score (nSPS) is 17.3. The van der Waals surface area contributed by atoms with E-state index >= 15 is 0 Å². The predicted molar refractivity (Wildman–Crippen MR) is 87.2 cm³/mol. The average Bonchev–Trinajstić information content (AvgIpc) is 2.98. The van der Waals surface area contributed by atoms with Gasteiger partial charge in [-0.15, -0.1) is 11.3 Å². The lowest BCUT2D eigenvalue weighted by atomic mass is 9.98. The number of carbonyl (C=O) groups excluding carboxylic acids is 1. The molecule has 116 valence electrons. The molecule has 0 unspecified atom stereocenters. The van der Waals surface area contributed by atoms with E-state index in [2.05, 4.69) is 4.98 Å². The lowest BCUT2D eigenvalue weighted by molar-refractivity contribution is 0.0470. The first-order valence-corrected chi connectivity index (χ1v) is 8.18. The predicted octanol–water partition coefficient (Wildman–Crippen LogP) is 3.32. The smallest absolute Gasteiger partial charge is 0.255 e. The Morgan fingerprint density at radius 1 is 1.30 bits per heavy atom. The molecule has 0 radical (unpaired) electrons. The van der Waals surface area contributed by atoms with Crippen LogP contribution in [0.2, 0.25) is 0 Å². The van der Waals surface area contributed by atoms with Crippen molar-refractivity contribution in [1.29, 1.82) is 0 Å². The van der Waals surface area contributed by atoms with E-state index < -0.39 is 11.4 Å². The second-order valence-corrected chi connectivity index (χ2v) is 6.53. The lowest BCUT2D eigenvalue weighted by Crippen LogP contribution is -2.45. The third-order valence-corrected chi connectivity index (χ3v) is 5.16. The van der Waals surface area contributed by atoms with E-state index in [4.69, 9.17) is 0 Å². The fourth-order valence-corrected chi connectivity index (χ4v) is 3.84. The van der Waals surface area contributed by atoms with Gasteiger partial charge in [0.05, 0.1) is 17.1 Å². The summed E-state index contributed by atoms with van der Waals surface area (Å²) in [5.41, 5.74) is 0.263. The molecule has 23 heavy (non-hydrogen) atoms. The van der Waals surface area contributed by atoms with Gasteiger partial charge in [-0.1, -0.05) is 6.07 Å². The molecule has 2 aromatic heterocycles. The molecule has 1 aliphatic heterocycles. The standard InChI is InChI=1S/C17H13FN2O2S/c18-10-3-4-11-12(9-16(21)19-13(11)8-10)17(22)20-6-5-14(20)15-2-1-7-23-15/h1-4,7-9,14H,5-6H2,(H,19,21)/t14-/m0/s1. The Labute approximate surface area is 135 Å². The van der Waals surface area contributed by atoms with E-state index in [1.54, 1.807) is 16.2 Å². The zero-order chi connectivity index (χ0) is 16.0. The van der Waals surface area contributed by atoms with Crippen molar-refractivity contribution in [3.63, 3.8) is 0 Å². The number of hydrogen-bond donors (Lipinski definition) is 1. The number of likely N-dealkylation sites (tertiary alicyclic amines) is 1. The summed E-state index contributed by atoms with van der Waals surface area (Å²) in [5, 5.41) is 2.55. The maximum Gasteiger partial charge on any atom is 0.255 e. The Bertz CT molecular complexity index is 949. The average molecular weight is 328 g/mol. The second-order valence-electron chi connectivity index (χ2n) is 5.56. The van der Waals surface area contributed by atoms with Crippen molar-refractivity contribution in [3.8, 4) is 0 Å². The summed E-state index contributed by atoms with van der Waals surface area (Å²) in [5.74, 6) is -0.629. The van der Waals surface area contributed by atoms with Crippen LogP contribution in [0.4, 0.5) is 4.39 Å². The zero-order valence-corrected chi connectivity index (χ0v) is 12.9. The van der Waals surface area contributed by atoms with Crippen LogP contribution in [0.1, 0.15) is 27.7 Å². The van der Waals surface area contributed by atoms with Crippen molar-refractivity contribution in [3.05, 3.63) is 68.4 Å². The number of carbonyl (C=O) groups is 1. The van der Waals surface area contributed by atoms with Crippen LogP contribution in [-0.2, 0) is 0 Å². The lowest BCUT2D eigenvalue weighted by Gasteiger charge is -2.40. The third-order valence-electron chi connectivity index (χ3n) is 4.19. The number of rotatable bonds is 2. The van der Waals surface area contributed by atoms with E-state index in [1.807, 2.05) is 17.5 Å². The Morgan fingerprint density at radius 3 is 2.87 bits per heavy atom. The number of halogens is 1. The van der Waals surface area contributed by atoms with Crippen molar-refractivity contribution >= 4 is 28.1 Å². The molecule has 3 heterocycles. The summed E-state index contributed by atoms with van der Waals surface area (Å²) in [4.78, 5) is 30.2. The summed E-state index contributed by atoms with van der Waals surface area (Å²) in [6.45, 7) is 0.664. The molecule has 1 aromatic carbocycles. The largest absolute Gasteiger partial charge is 0.331 e. The Morgan fingerprint density at radius 2 is 2.17 bits per heavy atom. The van der Waals surface area contributed by atoms with E-state index in [0.29, 0.717) is 23.0 Å². The number of aromatic nitrogens is 1. The van der Waals surface area contributed by atoms with Crippen LogP contribution < -0.4 is 5.56 Å². The van der Waals surface area contributed by atoms with E-state index in [9.17, 15) is 14.0 Å². The first-order chi connectivity index (χ1) is 11.1. The highest BCUT2D eigenvalue weighted by Gasteiger charge is 2.35. The quantitative estimate of drug-likeness (QED) is 0.784. The number of amides is 1. The molecule has 1 saturated heterocycles. The van der Waals surface area contributed by atoms with Gasteiger partial charge in [-0.25, -0.2) is 4.39 Å². The summed E-state index contributed by atoms with van der Waals surface area (Å²) in [6.07, 6.45) is 0.919. The van der Waals surface area contributed by atoms with Gasteiger partial charge in [0, 0.05) is 22.9 Å². The topological polar surface area (TPSA) is 53.2 Å². The van der Waals surface area contributed by atoms with Crippen molar-refractivity contribution in [1.82, 2.24) is 9.88 Å². The van der Waals surface area contributed by atoms with Crippen LogP contribution in [0.25, 0.3) is 10.9 Å². The molecule has 0 spiro atoms. The maximum absolute atomic E-state index is 13.4. The van der Waals surface area contributed by atoms with Crippen molar-refractivity contribution < 1.29 is 9.18 Å². The van der Waals surface area contributed by atoms with E-state index in [1.165, 1.54) is 24.3 Å². The number of aromatic amines is 1. The van der Waals surface area contributed by atoms with Crippen molar-refractivity contribution in [2.24, 2.45) is 0 Å². The van der Waals surface area contributed by atoms with Crippen LogP contribution in [0.5, 0.6) is 0 Å². The van der Waals surface area contributed by atoms with Gasteiger partial charge in [0.1, 0.15) is 5.82 Å². The molecule has 6 heteroatoms. The van der Waals surface area contributed by atoms with Gasteiger partial charge in [0.25, 0.3) is 5.91 Å². The van der Waals surface area contributed by atoms with Crippen LogP contribution >= 0.6 is 11.3 Å². The van der Waals surface area contributed by atoms with Crippen LogP contribution in [0, 0.1) is 5.82 Å². The molecule has 1 fully saturated rings. The summed E-state index contributed by atoms with van der Waals surface area (Å²) in [7, 11) is 0. The highest BCUT2D eigenvalue weighted by atomic mass is 32.1. The summed E-state index contributed by atoms with van der Waals surface area (Å²) in [6, 6.07) is 9.41. The molecule has 1 amide bonds. The zero-order valence-electron chi connectivity index (χ0n) is 12.1. The third kappa shape index (κ3) is 2.35. The summed E-state index contributed by atoms with van der Waals surface area (Å²) >= 11 is 1.62. The van der Waals surface area contributed by atoms with Crippen molar-refractivity contribution in [2.75, 3.05) is 6.54 Å².